The maximum absolute atomic E-state index is 12.4. The molecule has 1 N–H and O–H groups in total. The molecule has 5 heteroatoms. The molecule has 20 heavy (non-hydrogen) atoms. The minimum Gasteiger partial charge on any atom is -0.392 e. The van der Waals surface area contributed by atoms with E-state index in [1.165, 1.54) is 6.42 Å². The van der Waals surface area contributed by atoms with Gasteiger partial charge in [0.15, 0.2) is 7.98 Å². The number of β-amino-alcohol motifs (C(OH)–C–C–N with tert-alkyl or cyclic N) is 1. The lowest BCUT2D eigenvalue weighted by Crippen LogP contribution is -2.39. The van der Waals surface area contributed by atoms with E-state index in [0.717, 1.165) is 30.8 Å². The number of hydrogen-bond acceptors (Lipinski definition) is 4. The van der Waals surface area contributed by atoms with Crippen molar-refractivity contribution < 1.29 is 9.90 Å². The summed E-state index contributed by atoms with van der Waals surface area (Å²) in [6.07, 6.45) is 3.54. The van der Waals surface area contributed by atoms with Gasteiger partial charge < -0.3 is 9.92 Å². The summed E-state index contributed by atoms with van der Waals surface area (Å²) in [6, 6.07) is 0.253. The number of nitrogens with zero attached hydrogens (tertiary/aromatic N) is 1. The van der Waals surface area contributed by atoms with Gasteiger partial charge in [0.2, 0.25) is 0 Å². The van der Waals surface area contributed by atoms with Crippen LogP contribution in [0.4, 0.5) is 0 Å². The molecule has 1 heterocycles. The highest BCUT2D eigenvalue weighted by Gasteiger charge is 2.63. The van der Waals surface area contributed by atoms with Crippen molar-refractivity contribution in [2.75, 3.05) is 18.1 Å². The molecule has 2 bridgehead atoms. The lowest BCUT2D eigenvalue weighted by molar-refractivity contribution is -0.127. The number of rotatable bonds is 4. The Balaban J connectivity index is 1.59. The molecule has 2 unspecified atom stereocenters. The molecular formula is C15H24BNO2S. The molecule has 3 aliphatic rings. The van der Waals surface area contributed by atoms with Gasteiger partial charge in [-0.3, -0.25) is 4.79 Å². The van der Waals surface area contributed by atoms with Crippen molar-refractivity contribution in [3.8, 4) is 0 Å². The van der Waals surface area contributed by atoms with Crippen molar-refractivity contribution in [3.05, 3.63) is 0 Å². The van der Waals surface area contributed by atoms with Gasteiger partial charge in [0, 0.05) is 35.9 Å². The minimum atomic E-state index is -0.288. The second-order valence-electron chi connectivity index (χ2n) is 7.42. The fraction of sp³-hybridized carbons (Fsp3) is 0.933. The summed E-state index contributed by atoms with van der Waals surface area (Å²) in [6.45, 7) is 5.14. The van der Waals surface area contributed by atoms with Crippen LogP contribution in [-0.4, -0.2) is 53.9 Å². The quantitative estimate of drug-likeness (QED) is 0.800. The molecule has 0 spiro atoms. The number of aliphatic hydroxyl groups is 1. The third kappa shape index (κ3) is 2.08. The van der Waals surface area contributed by atoms with Gasteiger partial charge in [-0.2, -0.15) is 11.8 Å². The van der Waals surface area contributed by atoms with Crippen LogP contribution in [0.5, 0.6) is 0 Å². The number of Topliss-reactive ketones (excluding diaryl/α,β-unsaturated/α-hetero) is 1. The molecule has 0 aromatic heterocycles. The van der Waals surface area contributed by atoms with E-state index in [-0.39, 0.29) is 23.0 Å². The van der Waals surface area contributed by atoms with E-state index in [2.05, 4.69) is 13.8 Å². The summed E-state index contributed by atoms with van der Waals surface area (Å²) in [5.41, 5.74) is 0.0632. The fourth-order valence-corrected chi connectivity index (χ4v) is 6.30. The third-order valence-electron chi connectivity index (χ3n) is 6.23. The molecule has 1 aliphatic heterocycles. The first-order valence-corrected chi connectivity index (χ1v) is 8.83. The van der Waals surface area contributed by atoms with Crippen LogP contribution in [0.3, 0.4) is 0 Å². The van der Waals surface area contributed by atoms with E-state index in [9.17, 15) is 9.90 Å². The lowest BCUT2D eigenvalue weighted by atomic mass is 9.70. The highest BCUT2D eigenvalue weighted by molar-refractivity contribution is 7.99. The van der Waals surface area contributed by atoms with Gasteiger partial charge in [-0.1, -0.05) is 13.8 Å². The Morgan fingerprint density at radius 3 is 2.75 bits per heavy atom. The predicted octanol–water partition coefficient (Wildman–Crippen LogP) is 1.63. The van der Waals surface area contributed by atoms with Crippen molar-refractivity contribution in [2.24, 2.45) is 16.7 Å². The average Bonchev–Trinajstić information content (AvgIpc) is 2.87. The number of aliphatic hydroxyl groups excluding tert-OH is 1. The van der Waals surface area contributed by atoms with Crippen LogP contribution in [0.15, 0.2) is 0 Å². The number of carbonyl (C=O) groups is 1. The lowest BCUT2D eigenvalue weighted by Gasteiger charge is -2.36. The first-order valence-electron chi connectivity index (χ1n) is 7.67. The Bertz CT molecular complexity index is 417. The largest absolute Gasteiger partial charge is 0.392 e. The molecule has 0 amide bonds. The third-order valence-corrected chi connectivity index (χ3v) is 7.55. The second kappa shape index (κ2) is 5.03. The van der Waals surface area contributed by atoms with Crippen LogP contribution in [0.25, 0.3) is 0 Å². The summed E-state index contributed by atoms with van der Waals surface area (Å²) in [5.74, 6) is 2.93. The summed E-state index contributed by atoms with van der Waals surface area (Å²) in [5, 5.41) is 9.62. The minimum absolute atomic E-state index is 0.0982. The van der Waals surface area contributed by atoms with Gasteiger partial charge >= 0.3 is 0 Å². The van der Waals surface area contributed by atoms with Crippen LogP contribution < -0.4 is 0 Å². The molecule has 3 rings (SSSR count). The van der Waals surface area contributed by atoms with Crippen LogP contribution in [-0.2, 0) is 4.79 Å². The zero-order chi connectivity index (χ0) is 14.5. The molecule has 1 saturated heterocycles. The standard InChI is InChI=1S/C15H24BNO2S/c1-14(2)10-3-4-15(14,13(19)5-10)9-20-8-11-6-12(18)7-17(11)16/h10-12,18H,3-9H2,1-2H3/t10?,11?,12-,15-/m1/s1. The predicted molar refractivity (Wildman–Crippen MR) is 82.8 cm³/mol. The van der Waals surface area contributed by atoms with E-state index in [1.807, 2.05) is 11.8 Å². The van der Waals surface area contributed by atoms with Crippen molar-refractivity contribution in [1.82, 2.24) is 4.81 Å². The molecule has 110 valence electrons. The number of fused-ring (bicyclic) bond motifs is 2. The Morgan fingerprint density at radius 1 is 1.50 bits per heavy atom. The summed E-state index contributed by atoms with van der Waals surface area (Å²) in [4.78, 5) is 14.2. The zero-order valence-corrected chi connectivity index (χ0v) is 13.3. The van der Waals surface area contributed by atoms with Crippen molar-refractivity contribution in [1.29, 1.82) is 0 Å². The fourth-order valence-electron chi connectivity index (χ4n) is 4.56. The second-order valence-corrected chi connectivity index (χ2v) is 8.45. The van der Waals surface area contributed by atoms with E-state index in [0.29, 0.717) is 18.2 Å². The van der Waals surface area contributed by atoms with Crippen molar-refractivity contribution in [3.63, 3.8) is 0 Å². The topological polar surface area (TPSA) is 40.5 Å². The number of ketones is 1. The van der Waals surface area contributed by atoms with Gasteiger partial charge in [0.1, 0.15) is 5.78 Å². The van der Waals surface area contributed by atoms with E-state index < -0.39 is 0 Å². The highest BCUT2D eigenvalue weighted by Crippen LogP contribution is 2.64. The SMILES string of the molecule is [B]N1C[C@H](O)CC1CSC[C@]12CCC(CC1=O)C2(C)C. The monoisotopic (exact) mass is 293 g/mol. The molecule has 0 aromatic rings. The van der Waals surface area contributed by atoms with Gasteiger partial charge in [0.05, 0.1) is 6.10 Å². The van der Waals surface area contributed by atoms with E-state index in [4.69, 9.17) is 7.98 Å². The number of thioether (sulfide) groups is 1. The van der Waals surface area contributed by atoms with Crippen LogP contribution in [0.1, 0.15) is 39.5 Å². The van der Waals surface area contributed by atoms with Gasteiger partial charge in [-0.05, 0) is 30.6 Å². The highest BCUT2D eigenvalue weighted by atomic mass is 32.2. The van der Waals surface area contributed by atoms with Crippen LogP contribution in [0, 0.1) is 16.7 Å². The van der Waals surface area contributed by atoms with Crippen LogP contribution in [0.2, 0.25) is 0 Å². The number of hydrogen-bond donors (Lipinski definition) is 1. The van der Waals surface area contributed by atoms with Gasteiger partial charge in [-0.15, -0.1) is 0 Å². The van der Waals surface area contributed by atoms with Gasteiger partial charge in [-0.25, -0.2) is 0 Å². The molecule has 2 radical (unpaired) electrons. The van der Waals surface area contributed by atoms with Gasteiger partial charge in [0.25, 0.3) is 0 Å². The maximum atomic E-state index is 12.4. The smallest absolute Gasteiger partial charge is 0.183 e. The van der Waals surface area contributed by atoms with E-state index in [1.54, 1.807) is 4.81 Å². The van der Waals surface area contributed by atoms with E-state index >= 15 is 0 Å². The zero-order valence-electron chi connectivity index (χ0n) is 12.5. The van der Waals surface area contributed by atoms with Crippen molar-refractivity contribution in [2.45, 2.75) is 51.7 Å². The summed E-state index contributed by atoms with van der Waals surface area (Å²) >= 11 is 1.86. The normalized spacial score (nSPS) is 43.5. The molecule has 3 fully saturated rings. The molecule has 4 atom stereocenters. The summed E-state index contributed by atoms with van der Waals surface area (Å²) < 4.78 is 0. The average molecular weight is 293 g/mol. The molecule has 2 saturated carbocycles. The Labute approximate surface area is 127 Å². The molecule has 0 aromatic carbocycles. The first-order chi connectivity index (χ1) is 9.37. The molecule has 2 aliphatic carbocycles. The van der Waals surface area contributed by atoms with Crippen molar-refractivity contribution >= 4 is 25.5 Å². The Hall–Kier alpha value is 0.00494. The summed E-state index contributed by atoms with van der Waals surface area (Å²) in [7, 11) is 5.91. The maximum Gasteiger partial charge on any atom is 0.183 e. The molecular weight excluding hydrogens is 269 g/mol. The Kier molecular flexibility index (Phi) is 3.75. The van der Waals surface area contributed by atoms with Crippen LogP contribution >= 0.6 is 11.8 Å². The first kappa shape index (κ1) is 14.9. The number of carbonyl (C=O) groups excluding carboxylic acids is 1. The Morgan fingerprint density at radius 2 is 2.25 bits per heavy atom. The molecule has 3 nitrogen and oxygen atoms in total.